The number of nitro groups is 1. The molecular weight excluding hydrogens is 354 g/mol. The molecule has 1 amide bonds. The van der Waals surface area contributed by atoms with E-state index in [9.17, 15) is 14.9 Å². The molecule has 0 unspecified atom stereocenters. The maximum absolute atomic E-state index is 12.2. The zero-order chi connectivity index (χ0) is 20.4. The van der Waals surface area contributed by atoms with E-state index in [1.165, 1.54) is 10.9 Å². The second-order valence-electron chi connectivity index (χ2n) is 8.15. The highest BCUT2D eigenvalue weighted by Gasteiger charge is 2.38. The number of hydrogen-bond donors (Lipinski definition) is 1. The third-order valence-electron chi connectivity index (χ3n) is 4.55. The third kappa shape index (κ3) is 5.31. The molecule has 0 aromatic carbocycles. The maximum atomic E-state index is 12.2. The highest BCUT2D eigenvalue weighted by Crippen LogP contribution is 2.32. The SMILES string of the molecule is CO[C@]1(C)C[C@H](NC(=O)OC(C)(C)C)CCN(c2c([N+](=O)[O-])cnn2C)C1. The van der Waals surface area contributed by atoms with Gasteiger partial charge in [-0.25, -0.2) is 9.48 Å². The molecular formula is C17H29N5O5. The Morgan fingerprint density at radius 1 is 1.48 bits per heavy atom. The lowest BCUT2D eigenvalue weighted by atomic mass is 9.96. The topological polar surface area (TPSA) is 112 Å². The Morgan fingerprint density at radius 3 is 2.70 bits per heavy atom. The van der Waals surface area contributed by atoms with Gasteiger partial charge in [-0.15, -0.1) is 0 Å². The summed E-state index contributed by atoms with van der Waals surface area (Å²) in [7, 11) is 3.28. The van der Waals surface area contributed by atoms with Gasteiger partial charge in [0.1, 0.15) is 11.8 Å². The summed E-state index contributed by atoms with van der Waals surface area (Å²) < 4.78 is 12.5. The van der Waals surface area contributed by atoms with Crippen molar-refractivity contribution in [2.45, 2.75) is 57.8 Å². The van der Waals surface area contributed by atoms with Crippen LogP contribution in [0.2, 0.25) is 0 Å². The minimum atomic E-state index is -0.603. The number of ether oxygens (including phenoxy) is 2. The summed E-state index contributed by atoms with van der Waals surface area (Å²) in [4.78, 5) is 25.0. The molecule has 1 aromatic heterocycles. The van der Waals surface area contributed by atoms with Crippen LogP contribution in [0.25, 0.3) is 0 Å². The molecule has 2 rings (SSSR count). The molecule has 1 aliphatic heterocycles. The predicted octanol–water partition coefficient (Wildman–Crippen LogP) is 2.23. The van der Waals surface area contributed by atoms with E-state index < -0.39 is 22.2 Å². The first-order valence-electron chi connectivity index (χ1n) is 8.90. The second-order valence-corrected chi connectivity index (χ2v) is 8.15. The molecule has 0 bridgehead atoms. The van der Waals surface area contributed by atoms with Crippen LogP contribution in [0.3, 0.4) is 0 Å². The van der Waals surface area contributed by atoms with Crippen LogP contribution >= 0.6 is 0 Å². The fraction of sp³-hybridized carbons (Fsp3) is 0.765. The van der Waals surface area contributed by atoms with Crippen molar-refractivity contribution in [1.29, 1.82) is 0 Å². The number of alkyl carbamates (subject to hydrolysis) is 1. The fourth-order valence-corrected chi connectivity index (χ4v) is 3.32. The van der Waals surface area contributed by atoms with E-state index in [0.717, 1.165) is 0 Å². The molecule has 1 fully saturated rings. The number of rotatable bonds is 4. The van der Waals surface area contributed by atoms with Crippen LogP contribution in [-0.2, 0) is 16.5 Å². The molecule has 1 N–H and O–H groups in total. The third-order valence-corrected chi connectivity index (χ3v) is 4.55. The average molecular weight is 383 g/mol. The number of carbonyl (C=O) groups excluding carboxylic acids is 1. The van der Waals surface area contributed by atoms with E-state index in [2.05, 4.69) is 10.4 Å². The Hall–Kier alpha value is -2.36. The molecule has 2 atom stereocenters. The van der Waals surface area contributed by atoms with Crippen molar-refractivity contribution >= 4 is 17.6 Å². The van der Waals surface area contributed by atoms with E-state index in [0.29, 0.717) is 31.7 Å². The van der Waals surface area contributed by atoms with Gasteiger partial charge in [-0.1, -0.05) is 0 Å². The van der Waals surface area contributed by atoms with Crippen LogP contribution in [0.5, 0.6) is 0 Å². The van der Waals surface area contributed by atoms with Crippen LogP contribution in [0, 0.1) is 10.1 Å². The number of amides is 1. The molecule has 0 aliphatic carbocycles. The minimum absolute atomic E-state index is 0.0468. The zero-order valence-electron chi connectivity index (χ0n) is 16.8. The standard InChI is InChI=1S/C17H29N5O5/c1-16(2,3)27-15(23)19-12-7-8-21(11-17(4,9-12)26-6)14-13(22(24)25)10-18-20(14)5/h10,12H,7-9,11H2,1-6H3,(H,19,23)/t12-,17-/m1/s1. The highest BCUT2D eigenvalue weighted by atomic mass is 16.6. The molecule has 0 saturated carbocycles. The molecule has 152 valence electrons. The van der Waals surface area contributed by atoms with Crippen LogP contribution in [-0.4, -0.2) is 58.2 Å². The molecule has 1 saturated heterocycles. The number of hydrogen-bond acceptors (Lipinski definition) is 7. The lowest BCUT2D eigenvalue weighted by Gasteiger charge is -2.33. The quantitative estimate of drug-likeness (QED) is 0.627. The fourth-order valence-electron chi connectivity index (χ4n) is 3.32. The van der Waals surface area contributed by atoms with Gasteiger partial charge < -0.3 is 19.7 Å². The van der Waals surface area contributed by atoms with Crippen molar-refractivity contribution in [3.63, 3.8) is 0 Å². The summed E-state index contributed by atoms with van der Waals surface area (Å²) in [5.74, 6) is 0.432. The lowest BCUT2D eigenvalue weighted by molar-refractivity contribution is -0.384. The summed E-state index contributed by atoms with van der Waals surface area (Å²) in [6.45, 7) is 8.31. The number of aromatic nitrogens is 2. The monoisotopic (exact) mass is 383 g/mol. The number of nitrogens with one attached hydrogen (secondary N) is 1. The number of aryl methyl sites for hydroxylation is 1. The van der Waals surface area contributed by atoms with Crippen molar-refractivity contribution < 1.29 is 19.2 Å². The van der Waals surface area contributed by atoms with Crippen molar-refractivity contribution in [3.05, 3.63) is 16.3 Å². The number of nitrogens with zero attached hydrogens (tertiary/aromatic N) is 4. The summed E-state index contributed by atoms with van der Waals surface area (Å²) in [5.41, 5.74) is -1.23. The number of methoxy groups -OCH3 is 1. The Kier molecular flexibility index (Phi) is 5.98. The largest absolute Gasteiger partial charge is 0.444 e. The van der Waals surface area contributed by atoms with Crippen molar-refractivity contribution in [1.82, 2.24) is 15.1 Å². The van der Waals surface area contributed by atoms with Crippen LogP contribution in [0.15, 0.2) is 6.20 Å². The van der Waals surface area contributed by atoms with Crippen molar-refractivity contribution in [2.24, 2.45) is 7.05 Å². The lowest BCUT2D eigenvalue weighted by Crippen LogP contribution is -2.45. The van der Waals surface area contributed by atoms with Gasteiger partial charge in [0.05, 0.1) is 10.5 Å². The van der Waals surface area contributed by atoms with Crippen molar-refractivity contribution in [2.75, 3.05) is 25.1 Å². The minimum Gasteiger partial charge on any atom is -0.444 e. The average Bonchev–Trinajstić information content (AvgIpc) is 2.83. The predicted molar refractivity (Wildman–Crippen MR) is 99.9 cm³/mol. The summed E-state index contributed by atoms with van der Waals surface area (Å²) in [6.07, 6.45) is 1.93. The molecule has 10 nitrogen and oxygen atoms in total. The van der Waals surface area contributed by atoms with Crippen molar-refractivity contribution in [3.8, 4) is 0 Å². The Labute approximate surface area is 158 Å². The van der Waals surface area contributed by atoms with Gasteiger partial charge in [-0.3, -0.25) is 10.1 Å². The van der Waals surface area contributed by atoms with E-state index in [1.54, 1.807) is 14.2 Å². The second kappa shape index (κ2) is 7.71. The summed E-state index contributed by atoms with van der Waals surface area (Å²) in [6, 6.07) is -0.179. The van der Waals surface area contributed by atoms with E-state index >= 15 is 0 Å². The molecule has 0 spiro atoms. The maximum Gasteiger partial charge on any atom is 0.407 e. The zero-order valence-corrected chi connectivity index (χ0v) is 16.8. The first kappa shape index (κ1) is 20.9. The Balaban J connectivity index is 2.21. The van der Waals surface area contributed by atoms with E-state index in [1.807, 2.05) is 32.6 Å². The molecule has 2 heterocycles. The molecule has 10 heteroatoms. The van der Waals surface area contributed by atoms with E-state index in [-0.39, 0.29) is 11.7 Å². The first-order valence-corrected chi connectivity index (χ1v) is 8.90. The van der Waals surface area contributed by atoms with E-state index in [4.69, 9.17) is 9.47 Å². The molecule has 1 aliphatic rings. The van der Waals surface area contributed by atoms with Gasteiger partial charge >= 0.3 is 11.8 Å². The van der Waals surface area contributed by atoms with Gasteiger partial charge in [-0.2, -0.15) is 5.10 Å². The van der Waals surface area contributed by atoms with Gasteiger partial charge in [-0.05, 0) is 40.5 Å². The van der Waals surface area contributed by atoms with Gasteiger partial charge in [0.25, 0.3) is 0 Å². The van der Waals surface area contributed by atoms with Crippen LogP contribution in [0.4, 0.5) is 16.3 Å². The summed E-state index contributed by atoms with van der Waals surface area (Å²) in [5, 5.41) is 18.3. The van der Waals surface area contributed by atoms with Crippen LogP contribution < -0.4 is 10.2 Å². The molecule has 0 radical (unpaired) electrons. The van der Waals surface area contributed by atoms with Gasteiger partial charge in [0.15, 0.2) is 0 Å². The molecule has 1 aromatic rings. The van der Waals surface area contributed by atoms with Gasteiger partial charge in [0, 0.05) is 33.3 Å². The van der Waals surface area contributed by atoms with Gasteiger partial charge in [0.2, 0.25) is 5.82 Å². The Bertz CT molecular complexity index is 698. The van der Waals surface area contributed by atoms with Crippen LogP contribution in [0.1, 0.15) is 40.5 Å². The number of anilines is 1. The number of carbonyl (C=O) groups is 1. The summed E-state index contributed by atoms with van der Waals surface area (Å²) >= 11 is 0. The first-order chi connectivity index (χ1) is 12.4. The smallest absolute Gasteiger partial charge is 0.407 e. The normalized spacial score (nSPS) is 23.6. The highest BCUT2D eigenvalue weighted by molar-refractivity contribution is 5.68. The Morgan fingerprint density at radius 2 is 2.15 bits per heavy atom. The molecule has 27 heavy (non-hydrogen) atoms.